The van der Waals surface area contributed by atoms with Gasteiger partial charge in [0, 0.05) is 43.3 Å². The molecule has 132 valence electrons. The molecule has 0 unspecified atom stereocenters. The minimum Gasteiger partial charge on any atom is -0.369 e. The lowest BCUT2D eigenvalue weighted by molar-refractivity contribution is -0.148. The summed E-state index contributed by atoms with van der Waals surface area (Å²) in [6.45, 7) is 9.17. The zero-order valence-electron chi connectivity index (χ0n) is 14.9. The lowest BCUT2D eigenvalue weighted by atomic mass is 9.48. The summed E-state index contributed by atoms with van der Waals surface area (Å²) in [5.41, 5.74) is 6.73. The summed E-state index contributed by atoms with van der Waals surface area (Å²) >= 11 is 1.71. The van der Waals surface area contributed by atoms with E-state index in [1.165, 1.54) is 12.8 Å². The predicted octanol–water partition coefficient (Wildman–Crippen LogP) is 2.70. The van der Waals surface area contributed by atoms with Crippen molar-refractivity contribution in [2.24, 2.45) is 22.5 Å². The van der Waals surface area contributed by atoms with Crippen molar-refractivity contribution < 1.29 is 4.79 Å². The molecular formula is C18H28N4OS. The van der Waals surface area contributed by atoms with Crippen molar-refractivity contribution in [2.45, 2.75) is 51.7 Å². The van der Waals surface area contributed by atoms with Gasteiger partial charge in [0.25, 0.3) is 0 Å². The van der Waals surface area contributed by atoms with Crippen LogP contribution >= 0.6 is 11.8 Å². The van der Waals surface area contributed by atoms with Crippen molar-refractivity contribution >= 4 is 17.7 Å². The molecule has 1 saturated heterocycles. The van der Waals surface area contributed by atoms with Gasteiger partial charge >= 0.3 is 0 Å². The maximum absolute atomic E-state index is 12.0. The number of fused-ring (bicyclic) bond motifs is 1. The molecule has 1 aromatic heterocycles. The smallest absolute Gasteiger partial charge is 0.225 e. The number of nitrogens with zero attached hydrogens (tertiary/aromatic N) is 3. The van der Waals surface area contributed by atoms with Gasteiger partial charge in [-0.15, -0.1) is 0 Å². The molecule has 2 aliphatic rings. The van der Waals surface area contributed by atoms with Crippen LogP contribution in [0.5, 0.6) is 0 Å². The average Bonchev–Trinajstić information content (AvgIpc) is 2.85. The first-order chi connectivity index (χ1) is 11.4. The standard InChI is InChI=1S/C18H28N4OS/c1-4-5-6-24-16-20-7-13(8-21-16)9-22-10-14-17(2,3)11-18(14,12-22)15(19)23/h7-8,14H,4-6,9-12H2,1-3H3,(H2,19,23)/t14-,18+/m1/s1. The van der Waals surface area contributed by atoms with E-state index in [1.54, 1.807) is 11.8 Å². The number of thioether (sulfide) groups is 1. The number of amides is 1. The van der Waals surface area contributed by atoms with E-state index in [0.717, 1.165) is 42.5 Å². The first kappa shape index (κ1) is 17.7. The molecule has 6 heteroatoms. The molecule has 24 heavy (non-hydrogen) atoms. The van der Waals surface area contributed by atoms with Crippen LogP contribution in [0, 0.1) is 16.7 Å². The predicted molar refractivity (Wildman–Crippen MR) is 96.5 cm³/mol. The minimum atomic E-state index is -0.319. The highest BCUT2D eigenvalue weighted by Gasteiger charge is 2.65. The second kappa shape index (κ2) is 6.64. The van der Waals surface area contributed by atoms with Gasteiger partial charge in [0.2, 0.25) is 5.91 Å². The number of rotatable bonds is 7. The number of hydrogen-bond donors (Lipinski definition) is 1. The largest absolute Gasteiger partial charge is 0.369 e. The van der Waals surface area contributed by atoms with E-state index < -0.39 is 0 Å². The summed E-state index contributed by atoms with van der Waals surface area (Å²) in [5.74, 6) is 1.31. The summed E-state index contributed by atoms with van der Waals surface area (Å²) in [5, 5.41) is 0.850. The van der Waals surface area contributed by atoms with Crippen molar-refractivity contribution in [1.29, 1.82) is 0 Å². The molecule has 5 nitrogen and oxygen atoms in total. The van der Waals surface area contributed by atoms with Crippen LogP contribution in [0.3, 0.4) is 0 Å². The summed E-state index contributed by atoms with van der Waals surface area (Å²) in [6, 6.07) is 0. The molecule has 0 radical (unpaired) electrons. The quantitative estimate of drug-likeness (QED) is 0.466. The Bertz CT molecular complexity index is 604. The summed E-state index contributed by atoms with van der Waals surface area (Å²) < 4.78 is 0. The van der Waals surface area contributed by atoms with Crippen LogP contribution in [0.25, 0.3) is 0 Å². The van der Waals surface area contributed by atoms with E-state index in [2.05, 4.69) is 35.6 Å². The number of unbranched alkanes of at least 4 members (excludes halogenated alkanes) is 1. The normalized spacial score (nSPS) is 28.4. The van der Waals surface area contributed by atoms with Crippen LogP contribution < -0.4 is 5.73 Å². The molecule has 2 atom stereocenters. The van der Waals surface area contributed by atoms with Crippen LogP contribution in [-0.2, 0) is 11.3 Å². The monoisotopic (exact) mass is 348 g/mol. The number of hydrogen-bond acceptors (Lipinski definition) is 5. The van der Waals surface area contributed by atoms with Crippen LogP contribution in [0.1, 0.15) is 45.6 Å². The maximum atomic E-state index is 12.0. The number of nitrogens with two attached hydrogens (primary N) is 1. The Balaban J connectivity index is 1.60. The summed E-state index contributed by atoms with van der Waals surface area (Å²) in [6.07, 6.45) is 7.13. The third-order valence-corrected chi connectivity index (χ3v) is 6.60. The summed E-state index contributed by atoms with van der Waals surface area (Å²) in [4.78, 5) is 23.3. The van der Waals surface area contributed by atoms with E-state index >= 15 is 0 Å². The van der Waals surface area contributed by atoms with Gasteiger partial charge in [-0.2, -0.15) is 0 Å². The van der Waals surface area contributed by atoms with Crippen molar-refractivity contribution in [1.82, 2.24) is 14.9 Å². The number of carbonyl (C=O) groups is 1. The Labute approximate surface area is 148 Å². The van der Waals surface area contributed by atoms with Gasteiger partial charge in [0.15, 0.2) is 5.16 Å². The third-order valence-electron chi connectivity index (χ3n) is 5.64. The van der Waals surface area contributed by atoms with Gasteiger partial charge in [0.05, 0.1) is 5.41 Å². The van der Waals surface area contributed by atoms with E-state index in [4.69, 9.17) is 5.73 Å². The van der Waals surface area contributed by atoms with E-state index in [1.807, 2.05) is 12.4 Å². The first-order valence-corrected chi connectivity index (χ1v) is 9.82. The molecule has 2 heterocycles. The molecule has 1 aliphatic carbocycles. The van der Waals surface area contributed by atoms with Gasteiger partial charge in [0.1, 0.15) is 0 Å². The third kappa shape index (κ3) is 3.18. The molecule has 1 amide bonds. The molecular weight excluding hydrogens is 320 g/mol. The molecule has 0 aromatic carbocycles. The van der Waals surface area contributed by atoms with Crippen LogP contribution in [0.2, 0.25) is 0 Å². The molecule has 1 saturated carbocycles. The van der Waals surface area contributed by atoms with Gasteiger partial charge in [-0.3, -0.25) is 9.69 Å². The van der Waals surface area contributed by atoms with Gasteiger partial charge in [-0.25, -0.2) is 9.97 Å². The maximum Gasteiger partial charge on any atom is 0.225 e. The molecule has 2 N–H and O–H groups in total. The average molecular weight is 349 g/mol. The van der Waals surface area contributed by atoms with Crippen LogP contribution in [-0.4, -0.2) is 39.6 Å². The molecule has 3 rings (SSSR count). The second-order valence-electron chi connectivity index (χ2n) is 7.98. The Morgan fingerprint density at radius 1 is 1.42 bits per heavy atom. The zero-order chi connectivity index (χ0) is 17.4. The van der Waals surface area contributed by atoms with Gasteiger partial charge < -0.3 is 5.73 Å². The second-order valence-corrected chi connectivity index (χ2v) is 9.05. The highest BCUT2D eigenvalue weighted by molar-refractivity contribution is 7.99. The van der Waals surface area contributed by atoms with E-state index in [-0.39, 0.29) is 16.7 Å². The fourth-order valence-electron chi connectivity index (χ4n) is 4.51. The van der Waals surface area contributed by atoms with Gasteiger partial charge in [-0.05, 0) is 24.2 Å². The van der Waals surface area contributed by atoms with Crippen molar-refractivity contribution in [3.8, 4) is 0 Å². The summed E-state index contributed by atoms with van der Waals surface area (Å²) in [7, 11) is 0. The molecule has 0 spiro atoms. The van der Waals surface area contributed by atoms with Crippen LogP contribution in [0.4, 0.5) is 0 Å². The Morgan fingerprint density at radius 3 is 2.67 bits per heavy atom. The molecule has 1 aromatic rings. The number of carbonyl (C=O) groups excluding carboxylic acids is 1. The van der Waals surface area contributed by atoms with Crippen molar-refractivity contribution in [2.75, 3.05) is 18.8 Å². The lowest BCUT2D eigenvalue weighted by Crippen LogP contribution is -2.59. The van der Waals surface area contributed by atoms with Crippen LogP contribution in [0.15, 0.2) is 17.6 Å². The molecule has 0 bridgehead atoms. The first-order valence-electron chi connectivity index (χ1n) is 8.83. The highest BCUT2D eigenvalue weighted by Crippen LogP contribution is 2.62. The SMILES string of the molecule is CCCCSc1ncc(CN2C[C@@H]3C(C)(C)C[C@]3(C(N)=O)C2)cn1. The Morgan fingerprint density at radius 2 is 2.12 bits per heavy atom. The highest BCUT2D eigenvalue weighted by atomic mass is 32.2. The number of primary amides is 1. The number of likely N-dealkylation sites (tertiary alicyclic amines) is 1. The van der Waals surface area contributed by atoms with Gasteiger partial charge in [-0.1, -0.05) is 39.0 Å². The van der Waals surface area contributed by atoms with E-state index in [0.29, 0.717) is 5.92 Å². The lowest BCUT2D eigenvalue weighted by Gasteiger charge is -2.54. The molecule has 2 fully saturated rings. The fourth-order valence-corrected chi connectivity index (χ4v) is 5.38. The minimum absolute atomic E-state index is 0.131. The van der Waals surface area contributed by atoms with Crippen molar-refractivity contribution in [3.05, 3.63) is 18.0 Å². The van der Waals surface area contributed by atoms with Crippen molar-refractivity contribution in [3.63, 3.8) is 0 Å². The Kier molecular flexibility index (Phi) is 4.89. The fraction of sp³-hybridized carbons (Fsp3) is 0.722. The Hall–Kier alpha value is -1.14. The topological polar surface area (TPSA) is 72.1 Å². The zero-order valence-corrected chi connectivity index (χ0v) is 15.7. The molecule has 1 aliphatic heterocycles. The number of aromatic nitrogens is 2. The van der Waals surface area contributed by atoms with E-state index in [9.17, 15) is 4.79 Å².